The van der Waals surface area contributed by atoms with Crippen LogP contribution in [-0.2, 0) is 4.74 Å². The van der Waals surface area contributed by atoms with E-state index in [0.29, 0.717) is 19.6 Å². The molecule has 76 valence electrons. The summed E-state index contributed by atoms with van der Waals surface area (Å²) in [6.07, 6.45) is 0.628. The van der Waals surface area contributed by atoms with E-state index in [4.69, 9.17) is 10.5 Å². The monoisotopic (exact) mass is 211 g/mol. The lowest BCUT2D eigenvalue weighted by Crippen LogP contribution is -2.48. The molecule has 0 bridgehead atoms. The van der Waals surface area contributed by atoms with Crippen molar-refractivity contribution in [2.45, 2.75) is 18.9 Å². The maximum Gasteiger partial charge on any atom is 0.195 e. The van der Waals surface area contributed by atoms with Gasteiger partial charge in [0.1, 0.15) is 5.54 Å². The van der Waals surface area contributed by atoms with Crippen molar-refractivity contribution >= 4 is 17.1 Å². The molecule has 4 heteroatoms. The summed E-state index contributed by atoms with van der Waals surface area (Å²) in [6, 6.07) is 1.94. The summed E-state index contributed by atoms with van der Waals surface area (Å²) in [5, 5.41) is 1.92. The number of rotatable bonds is 2. The molecule has 3 nitrogen and oxygen atoms in total. The largest absolute Gasteiger partial charge is 0.379 e. The van der Waals surface area contributed by atoms with E-state index >= 15 is 0 Å². The highest BCUT2D eigenvalue weighted by Crippen LogP contribution is 2.25. The summed E-state index contributed by atoms with van der Waals surface area (Å²) >= 11 is 1.46. The summed E-state index contributed by atoms with van der Waals surface area (Å²) in [5.41, 5.74) is 6.22. The van der Waals surface area contributed by atoms with E-state index in [1.165, 1.54) is 11.3 Å². The molecular weight excluding hydrogens is 198 g/mol. The minimum Gasteiger partial charge on any atom is -0.379 e. The first-order valence-electron chi connectivity index (χ1n) is 4.59. The minimum absolute atomic E-state index is 0.0301. The molecule has 1 saturated heterocycles. The third-order valence-corrected chi connectivity index (χ3v) is 3.59. The van der Waals surface area contributed by atoms with Gasteiger partial charge in [0, 0.05) is 6.61 Å². The standard InChI is InChI=1S/C10H13NO2S/c1-7-2-5-14-8(7)9(12)10(11)3-4-13-6-10/h2,5H,3-4,6,11H2,1H3. The summed E-state index contributed by atoms with van der Waals surface area (Å²) in [5.74, 6) is 0.0301. The van der Waals surface area contributed by atoms with Crippen molar-refractivity contribution in [3.8, 4) is 0 Å². The Kier molecular flexibility index (Phi) is 2.43. The normalized spacial score (nSPS) is 26.7. The Hall–Kier alpha value is -0.710. The van der Waals surface area contributed by atoms with E-state index in [0.717, 1.165) is 10.4 Å². The molecule has 1 unspecified atom stereocenters. The average molecular weight is 211 g/mol. The molecule has 0 spiro atoms. The third kappa shape index (κ3) is 1.49. The van der Waals surface area contributed by atoms with Crippen molar-refractivity contribution in [3.63, 3.8) is 0 Å². The quantitative estimate of drug-likeness (QED) is 0.751. The van der Waals surface area contributed by atoms with Gasteiger partial charge in [-0.3, -0.25) is 4.79 Å². The number of Topliss-reactive ketones (excluding diaryl/α,β-unsaturated/α-hetero) is 1. The lowest BCUT2D eigenvalue weighted by Gasteiger charge is -2.19. The van der Waals surface area contributed by atoms with Gasteiger partial charge in [0.15, 0.2) is 5.78 Å². The zero-order valence-electron chi connectivity index (χ0n) is 8.08. The van der Waals surface area contributed by atoms with Gasteiger partial charge in [0.2, 0.25) is 0 Å². The number of hydrogen-bond acceptors (Lipinski definition) is 4. The molecule has 1 aliphatic heterocycles. The Morgan fingerprint density at radius 1 is 1.71 bits per heavy atom. The fourth-order valence-corrected chi connectivity index (χ4v) is 2.56. The number of hydrogen-bond donors (Lipinski definition) is 1. The van der Waals surface area contributed by atoms with Crippen LogP contribution in [0.4, 0.5) is 0 Å². The van der Waals surface area contributed by atoms with Gasteiger partial charge in [0.05, 0.1) is 11.5 Å². The van der Waals surface area contributed by atoms with Gasteiger partial charge in [-0.15, -0.1) is 11.3 Å². The highest BCUT2D eigenvalue weighted by atomic mass is 32.1. The Morgan fingerprint density at radius 3 is 3.00 bits per heavy atom. The van der Waals surface area contributed by atoms with Crippen LogP contribution in [0, 0.1) is 6.92 Å². The Balaban J connectivity index is 2.28. The fraction of sp³-hybridized carbons (Fsp3) is 0.500. The van der Waals surface area contributed by atoms with Crippen LogP contribution in [-0.4, -0.2) is 24.5 Å². The fourth-order valence-electron chi connectivity index (χ4n) is 1.59. The maximum atomic E-state index is 12.1. The van der Waals surface area contributed by atoms with E-state index < -0.39 is 5.54 Å². The Morgan fingerprint density at radius 2 is 2.50 bits per heavy atom. The second-order valence-electron chi connectivity index (χ2n) is 3.72. The molecule has 0 aliphatic carbocycles. The van der Waals surface area contributed by atoms with E-state index in [1.807, 2.05) is 18.4 Å². The highest BCUT2D eigenvalue weighted by Gasteiger charge is 2.39. The van der Waals surface area contributed by atoms with Gasteiger partial charge in [-0.25, -0.2) is 0 Å². The topological polar surface area (TPSA) is 52.3 Å². The van der Waals surface area contributed by atoms with Crippen LogP contribution in [0.25, 0.3) is 0 Å². The predicted molar refractivity (Wildman–Crippen MR) is 55.7 cm³/mol. The van der Waals surface area contributed by atoms with Gasteiger partial charge in [-0.2, -0.15) is 0 Å². The number of ketones is 1. The van der Waals surface area contributed by atoms with Gasteiger partial charge < -0.3 is 10.5 Å². The first-order chi connectivity index (χ1) is 6.63. The summed E-state index contributed by atoms with van der Waals surface area (Å²) in [4.78, 5) is 12.8. The molecule has 1 fully saturated rings. The second-order valence-corrected chi connectivity index (χ2v) is 4.64. The lowest BCUT2D eigenvalue weighted by atomic mass is 9.92. The van der Waals surface area contributed by atoms with Crippen LogP contribution in [0.15, 0.2) is 11.4 Å². The summed E-state index contributed by atoms with van der Waals surface area (Å²) in [6.45, 7) is 2.87. The number of carbonyl (C=O) groups excluding carboxylic acids is 1. The molecule has 1 aromatic rings. The van der Waals surface area contributed by atoms with Crippen LogP contribution in [0.3, 0.4) is 0 Å². The Labute approximate surface area is 86.9 Å². The Bertz CT molecular complexity index is 353. The molecule has 1 aromatic heterocycles. The first-order valence-corrected chi connectivity index (χ1v) is 5.47. The van der Waals surface area contributed by atoms with E-state index in [1.54, 1.807) is 0 Å². The third-order valence-electron chi connectivity index (χ3n) is 2.57. The van der Waals surface area contributed by atoms with Crippen molar-refractivity contribution in [3.05, 3.63) is 21.9 Å². The number of thiophene rings is 1. The average Bonchev–Trinajstić information content (AvgIpc) is 2.74. The SMILES string of the molecule is Cc1ccsc1C(=O)C1(N)CCOC1. The van der Waals surface area contributed by atoms with Gasteiger partial charge in [-0.1, -0.05) is 0 Å². The zero-order chi connectivity index (χ0) is 10.2. The molecule has 0 amide bonds. The number of carbonyl (C=O) groups is 1. The van der Waals surface area contributed by atoms with Crippen molar-refractivity contribution in [1.82, 2.24) is 0 Å². The predicted octanol–water partition coefficient (Wildman–Crippen LogP) is 1.36. The molecular formula is C10H13NO2S. The number of ether oxygens (including phenoxy) is 1. The summed E-state index contributed by atoms with van der Waals surface area (Å²) in [7, 11) is 0. The van der Waals surface area contributed by atoms with E-state index in [-0.39, 0.29) is 5.78 Å². The molecule has 1 aliphatic rings. The van der Waals surface area contributed by atoms with E-state index in [9.17, 15) is 4.79 Å². The molecule has 14 heavy (non-hydrogen) atoms. The highest BCUT2D eigenvalue weighted by molar-refractivity contribution is 7.12. The molecule has 0 saturated carbocycles. The van der Waals surface area contributed by atoms with Gasteiger partial charge in [0.25, 0.3) is 0 Å². The molecule has 2 heterocycles. The zero-order valence-corrected chi connectivity index (χ0v) is 8.89. The molecule has 2 rings (SSSR count). The van der Waals surface area contributed by atoms with E-state index in [2.05, 4.69) is 0 Å². The van der Waals surface area contributed by atoms with Gasteiger partial charge >= 0.3 is 0 Å². The van der Waals surface area contributed by atoms with Crippen LogP contribution in [0.5, 0.6) is 0 Å². The van der Waals surface area contributed by atoms with Crippen molar-refractivity contribution in [1.29, 1.82) is 0 Å². The maximum absolute atomic E-state index is 12.1. The van der Waals surface area contributed by atoms with Crippen molar-refractivity contribution in [2.75, 3.05) is 13.2 Å². The molecule has 2 N–H and O–H groups in total. The molecule has 0 aromatic carbocycles. The minimum atomic E-state index is -0.782. The van der Waals surface area contributed by atoms with Crippen molar-refractivity contribution < 1.29 is 9.53 Å². The summed E-state index contributed by atoms with van der Waals surface area (Å²) < 4.78 is 5.18. The van der Waals surface area contributed by atoms with Crippen LogP contribution < -0.4 is 5.73 Å². The lowest BCUT2D eigenvalue weighted by molar-refractivity contribution is 0.0867. The van der Waals surface area contributed by atoms with Crippen LogP contribution >= 0.6 is 11.3 Å². The number of nitrogens with two attached hydrogens (primary N) is 1. The first kappa shape index (κ1) is 9.83. The van der Waals surface area contributed by atoms with Crippen LogP contribution in [0.2, 0.25) is 0 Å². The van der Waals surface area contributed by atoms with Crippen LogP contribution in [0.1, 0.15) is 21.7 Å². The molecule has 1 atom stereocenters. The second kappa shape index (κ2) is 3.46. The molecule has 0 radical (unpaired) electrons. The van der Waals surface area contributed by atoms with Crippen molar-refractivity contribution in [2.24, 2.45) is 5.73 Å². The smallest absolute Gasteiger partial charge is 0.195 e. The van der Waals surface area contributed by atoms with Gasteiger partial charge in [-0.05, 0) is 30.4 Å². The number of aryl methyl sites for hydroxylation is 1.